The molecule has 1 fully saturated rings. The molecule has 1 amide bonds. The van der Waals surface area contributed by atoms with Crippen LogP contribution in [0.1, 0.15) is 16.8 Å². The second-order valence-electron chi connectivity index (χ2n) is 5.67. The molecule has 1 aromatic rings. The number of alkyl halides is 3. The zero-order chi connectivity index (χ0) is 17.9. The number of phenolic OH excluding ortho intramolecular Hbond substituents is 1. The molecule has 0 bridgehead atoms. The van der Waals surface area contributed by atoms with Crippen LogP contribution in [-0.4, -0.2) is 53.2 Å². The number of benzene rings is 1. The summed E-state index contributed by atoms with van der Waals surface area (Å²) in [6.07, 6.45) is -3.75. The van der Waals surface area contributed by atoms with E-state index in [0.29, 0.717) is 13.0 Å². The fourth-order valence-electron chi connectivity index (χ4n) is 2.63. The lowest BCUT2D eigenvalue weighted by molar-refractivity contribution is -0.384. The third-order valence-corrected chi connectivity index (χ3v) is 3.76. The van der Waals surface area contributed by atoms with Gasteiger partial charge in [-0.1, -0.05) is 0 Å². The first-order chi connectivity index (χ1) is 11.2. The van der Waals surface area contributed by atoms with E-state index in [9.17, 15) is 33.2 Å². The molecule has 1 aromatic carbocycles. The number of carbonyl (C=O) groups is 1. The van der Waals surface area contributed by atoms with E-state index in [0.717, 1.165) is 18.2 Å². The van der Waals surface area contributed by atoms with Crippen molar-refractivity contribution in [2.24, 2.45) is 5.92 Å². The van der Waals surface area contributed by atoms with Crippen LogP contribution in [0, 0.1) is 16.0 Å². The first kappa shape index (κ1) is 18.0. The standard InChI is InChI=1S/C14H16F3N3O4/c15-14(16,17)8-19-4-3-9(7-19)6-18-13(22)11-5-10(20(23)24)1-2-12(11)21/h1-2,5,9,21H,3-4,6-8H2,(H,18,22). The van der Waals surface area contributed by atoms with Gasteiger partial charge < -0.3 is 10.4 Å². The average molecular weight is 347 g/mol. The lowest BCUT2D eigenvalue weighted by Crippen LogP contribution is -2.34. The Hall–Kier alpha value is -2.36. The molecule has 1 atom stereocenters. The molecule has 132 valence electrons. The summed E-state index contributed by atoms with van der Waals surface area (Å²) in [4.78, 5) is 23.3. The van der Waals surface area contributed by atoms with E-state index in [-0.39, 0.29) is 30.3 Å². The number of nitrogens with zero attached hydrogens (tertiary/aromatic N) is 2. The summed E-state index contributed by atoms with van der Waals surface area (Å²) in [5, 5.41) is 22.8. The van der Waals surface area contributed by atoms with Gasteiger partial charge in [0.25, 0.3) is 11.6 Å². The van der Waals surface area contributed by atoms with Crippen LogP contribution in [0.3, 0.4) is 0 Å². The molecule has 0 aliphatic carbocycles. The third kappa shape index (κ3) is 4.82. The van der Waals surface area contributed by atoms with Crippen molar-refractivity contribution in [3.63, 3.8) is 0 Å². The van der Waals surface area contributed by atoms with E-state index in [4.69, 9.17) is 0 Å². The third-order valence-electron chi connectivity index (χ3n) is 3.76. The Morgan fingerprint density at radius 1 is 1.46 bits per heavy atom. The summed E-state index contributed by atoms with van der Waals surface area (Å²) in [5.41, 5.74) is -0.579. The van der Waals surface area contributed by atoms with Crippen LogP contribution < -0.4 is 5.32 Å². The summed E-state index contributed by atoms with van der Waals surface area (Å²) in [7, 11) is 0. The molecule has 10 heteroatoms. The molecule has 1 aliphatic heterocycles. The van der Waals surface area contributed by atoms with E-state index in [1.807, 2.05) is 0 Å². The van der Waals surface area contributed by atoms with Crippen molar-refractivity contribution in [3.05, 3.63) is 33.9 Å². The van der Waals surface area contributed by atoms with Crippen molar-refractivity contribution in [1.29, 1.82) is 0 Å². The Kier molecular flexibility index (Phi) is 5.27. The number of aromatic hydroxyl groups is 1. The largest absolute Gasteiger partial charge is 0.507 e. The highest BCUT2D eigenvalue weighted by atomic mass is 19.4. The van der Waals surface area contributed by atoms with Gasteiger partial charge in [-0.2, -0.15) is 13.2 Å². The van der Waals surface area contributed by atoms with Crippen LogP contribution in [0.15, 0.2) is 18.2 Å². The maximum absolute atomic E-state index is 12.3. The zero-order valence-corrected chi connectivity index (χ0v) is 12.5. The van der Waals surface area contributed by atoms with Crippen LogP contribution in [0.4, 0.5) is 18.9 Å². The molecular weight excluding hydrogens is 331 g/mol. The Balaban J connectivity index is 1.90. The molecule has 1 unspecified atom stereocenters. The molecule has 0 radical (unpaired) electrons. The number of hydrogen-bond acceptors (Lipinski definition) is 5. The molecule has 1 heterocycles. The van der Waals surface area contributed by atoms with Gasteiger partial charge in [-0.15, -0.1) is 0 Å². The Morgan fingerprint density at radius 3 is 2.79 bits per heavy atom. The fraction of sp³-hybridized carbons (Fsp3) is 0.500. The van der Waals surface area contributed by atoms with Gasteiger partial charge in [0.1, 0.15) is 5.75 Å². The van der Waals surface area contributed by atoms with Crippen LogP contribution >= 0.6 is 0 Å². The molecule has 1 aliphatic rings. The molecule has 0 spiro atoms. The van der Waals surface area contributed by atoms with Crippen LogP contribution in [0.25, 0.3) is 0 Å². The number of hydrogen-bond donors (Lipinski definition) is 2. The average Bonchev–Trinajstić information content (AvgIpc) is 2.90. The second kappa shape index (κ2) is 7.04. The maximum atomic E-state index is 12.3. The number of nitro benzene ring substituents is 1. The van der Waals surface area contributed by atoms with E-state index < -0.39 is 29.3 Å². The van der Waals surface area contributed by atoms with Gasteiger partial charge in [-0.3, -0.25) is 19.8 Å². The van der Waals surface area contributed by atoms with Crippen molar-refractivity contribution in [2.75, 3.05) is 26.2 Å². The monoisotopic (exact) mass is 347 g/mol. The van der Waals surface area contributed by atoms with E-state index in [1.165, 1.54) is 4.90 Å². The summed E-state index contributed by atoms with van der Waals surface area (Å²) >= 11 is 0. The normalized spacial score (nSPS) is 18.5. The van der Waals surface area contributed by atoms with Crippen LogP contribution in [0.5, 0.6) is 5.75 Å². The molecule has 0 saturated carbocycles. The second-order valence-corrected chi connectivity index (χ2v) is 5.67. The summed E-state index contributed by atoms with van der Waals surface area (Å²) in [6.45, 7) is -0.346. The smallest absolute Gasteiger partial charge is 0.401 e. The van der Waals surface area contributed by atoms with Gasteiger partial charge in [0.15, 0.2) is 0 Å². The number of non-ortho nitro benzene ring substituents is 1. The minimum Gasteiger partial charge on any atom is -0.507 e. The van der Waals surface area contributed by atoms with Crippen LogP contribution in [-0.2, 0) is 0 Å². The van der Waals surface area contributed by atoms with Crippen LogP contribution in [0.2, 0.25) is 0 Å². The molecule has 2 rings (SSSR count). The molecule has 2 N–H and O–H groups in total. The summed E-state index contributed by atoms with van der Waals surface area (Å²) in [6, 6.07) is 3.07. The summed E-state index contributed by atoms with van der Waals surface area (Å²) in [5.74, 6) is -1.24. The van der Waals surface area contributed by atoms with Crippen molar-refractivity contribution >= 4 is 11.6 Å². The van der Waals surface area contributed by atoms with E-state index >= 15 is 0 Å². The summed E-state index contributed by atoms with van der Waals surface area (Å²) < 4.78 is 37.0. The van der Waals surface area contributed by atoms with Gasteiger partial charge in [0, 0.05) is 25.2 Å². The van der Waals surface area contributed by atoms with Crippen molar-refractivity contribution in [2.45, 2.75) is 12.6 Å². The Bertz CT molecular complexity index is 636. The maximum Gasteiger partial charge on any atom is 0.401 e. The molecular formula is C14H16F3N3O4. The minimum absolute atomic E-state index is 0.134. The first-order valence-corrected chi connectivity index (χ1v) is 7.20. The highest BCUT2D eigenvalue weighted by Gasteiger charge is 2.34. The predicted molar refractivity (Wildman–Crippen MR) is 77.7 cm³/mol. The Morgan fingerprint density at radius 2 is 2.17 bits per heavy atom. The number of nitro groups is 1. The lowest BCUT2D eigenvalue weighted by atomic mass is 10.1. The van der Waals surface area contributed by atoms with Gasteiger partial charge in [0.2, 0.25) is 0 Å². The molecule has 0 aromatic heterocycles. The predicted octanol–water partition coefficient (Wildman–Crippen LogP) is 1.91. The number of phenols is 1. The first-order valence-electron chi connectivity index (χ1n) is 7.20. The number of likely N-dealkylation sites (tertiary alicyclic amines) is 1. The van der Waals surface area contributed by atoms with Crippen molar-refractivity contribution < 1.29 is 28.0 Å². The highest BCUT2D eigenvalue weighted by molar-refractivity contribution is 5.97. The van der Waals surface area contributed by atoms with Crippen molar-refractivity contribution in [1.82, 2.24) is 10.2 Å². The lowest BCUT2D eigenvalue weighted by Gasteiger charge is -2.18. The number of carbonyl (C=O) groups excluding carboxylic acids is 1. The van der Waals surface area contributed by atoms with Crippen molar-refractivity contribution in [3.8, 4) is 5.75 Å². The molecule has 7 nitrogen and oxygen atoms in total. The molecule has 24 heavy (non-hydrogen) atoms. The zero-order valence-electron chi connectivity index (χ0n) is 12.5. The minimum atomic E-state index is -4.26. The topological polar surface area (TPSA) is 95.7 Å². The number of rotatable bonds is 5. The molecule has 1 saturated heterocycles. The van der Waals surface area contributed by atoms with E-state index in [1.54, 1.807) is 0 Å². The quantitative estimate of drug-likeness (QED) is 0.627. The SMILES string of the molecule is O=C(NCC1CCN(CC(F)(F)F)C1)c1cc([N+](=O)[O-])ccc1O. The number of nitrogens with one attached hydrogen (secondary N) is 1. The Labute approximate surface area is 135 Å². The van der Waals surface area contributed by atoms with E-state index in [2.05, 4.69) is 5.32 Å². The highest BCUT2D eigenvalue weighted by Crippen LogP contribution is 2.24. The van der Waals surface area contributed by atoms with Gasteiger partial charge in [0.05, 0.1) is 17.0 Å². The fourth-order valence-corrected chi connectivity index (χ4v) is 2.63. The number of halogens is 3. The van der Waals surface area contributed by atoms with Gasteiger partial charge >= 0.3 is 6.18 Å². The van der Waals surface area contributed by atoms with Gasteiger partial charge in [-0.25, -0.2) is 0 Å². The van der Waals surface area contributed by atoms with Gasteiger partial charge in [-0.05, 0) is 24.9 Å². The number of amides is 1.